The van der Waals surface area contributed by atoms with Gasteiger partial charge in [-0.25, -0.2) is 0 Å². The lowest BCUT2D eigenvalue weighted by Gasteiger charge is -2.32. The number of hydrogen-bond acceptors (Lipinski definition) is 5. The van der Waals surface area contributed by atoms with E-state index in [1.165, 1.54) is 11.3 Å². The van der Waals surface area contributed by atoms with Crippen molar-refractivity contribution in [3.05, 3.63) is 52.4 Å². The minimum Gasteiger partial charge on any atom is -0.353 e. The van der Waals surface area contributed by atoms with Crippen molar-refractivity contribution in [2.75, 3.05) is 18.4 Å². The molecule has 1 unspecified atom stereocenters. The zero-order valence-electron chi connectivity index (χ0n) is 13.8. The summed E-state index contributed by atoms with van der Waals surface area (Å²) in [5.74, 6) is -0.192. The van der Waals surface area contributed by atoms with Crippen LogP contribution in [-0.2, 0) is 11.3 Å². The van der Waals surface area contributed by atoms with Crippen LogP contribution in [-0.4, -0.2) is 35.8 Å². The molecular formula is C18H18N4O2S. The Morgan fingerprint density at radius 3 is 2.88 bits per heavy atom. The summed E-state index contributed by atoms with van der Waals surface area (Å²) in [5.41, 5.74) is 2.05. The SMILES string of the molecule is CC1C(=O)NCCN1Cc1ccc(C(=O)Nc2sccc2C#N)cc1. The van der Waals surface area contributed by atoms with Gasteiger partial charge in [-0.3, -0.25) is 14.5 Å². The molecular weight excluding hydrogens is 336 g/mol. The highest BCUT2D eigenvalue weighted by Crippen LogP contribution is 2.23. The first-order valence-corrected chi connectivity index (χ1v) is 8.86. The number of nitrogens with zero attached hydrogens (tertiary/aromatic N) is 2. The highest BCUT2D eigenvalue weighted by atomic mass is 32.1. The molecule has 0 spiro atoms. The largest absolute Gasteiger partial charge is 0.353 e. The van der Waals surface area contributed by atoms with Crippen LogP contribution >= 0.6 is 11.3 Å². The number of carbonyl (C=O) groups is 2. The number of nitriles is 1. The maximum absolute atomic E-state index is 12.3. The summed E-state index contributed by atoms with van der Waals surface area (Å²) in [5, 5.41) is 16.9. The van der Waals surface area contributed by atoms with E-state index in [2.05, 4.69) is 21.6 Å². The van der Waals surface area contributed by atoms with Crippen molar-refractivity contribution in [3.63, 3.8) is 0 Å². The third-order valence-electron chi connectivity index (χ3n) is 4.24. The number of rotatable bonds is 4. The van der Waals surface area contributed by atoms with Gasteiger partial charge in [0.05, 0.1) is 11.6 Å². The van der Waals surface area contributed by atoms with E-state index in [9.17, 15) is 9.59 Å². The fraction of sp³-hybridized carbons (Fsp3) is 0.278. The molecule has 1 fully saturated rings. The molecule has 1 saturated heterocycles. The summed E-state index contributed by atoms with van der Waals surface area (Å²) < 4.78 is 0. The van der Waals surface area contributed by atoms with Crippen LogP contribution in [0.2, 0.25) is 0 Å². The van der Waals surface area contributed by atoms with Gasteiger partial charge in [0.1, 0.15) is 11.1 Å². The zero-order valence-corrected chi connectivity index (χ0v) is 14.6. The molecule has 1 aliphatic rings. The van der Waals surface area contributed by atoms with E-state index in [-0.39, 0.29) is 17.9 Å². The van der Waals surface area contributed by atoms with E-state index < -0.39 is 0 Å². The minimum atomic E-state index is -0.240. The maximum atomic E-state index is 12.3. The highest BCUT2D eigenvalue weighted by molar-refractivity contribution is 7.14. The number of piperazine rings is 1. The number of hydrogen-bond donors (Lipinski definition) is 2. The Balaban J connectivity index is 1.65. The number of carbonyl (C=O) groups excluding carboxylic acids is 2. The monoisotopic (exact) mass is 354 g/mol. The van der Waals surface area contributed by atoms with Gasteiger partial charge in [-0.05, 0) is 36.1 Å². The molecule has 1 aromatic heterocycles. The van der Waals surface area contributed by atoms with Crippen molar-refractivity contribution in [3.8, 4) is 6.07 Å². The summed E-state index contributed by atoms with van der Waals surface area (Å²) in [6.07, 6.45) is 0. The number of anilines is 1. The normalized spacial score (nSPS) is 17.6. The molecule has 2 aromatic rings. The molecule has 7 heteroatoms. The molecule has 2 N–H and O–H groups in total. The molecule has 1 atom stereocenters. The minimum absolute atomic E-state index is 0.0477. The van der Waals surface area contributed by atoms with Crippen molar-refractivity contribution in [2.45, 2.75) is 19.5 Å². The Bertz CT molecular complexity index is 822. The van der Waals surface area contributed by atoms with E-state index in [1.807, 2.05) is 19.1 Å². The molecule has 128 valence electrons. The fourth-order valence-corrected chi connectivity index (χ4v) is 3.44. The standard InChI is InChI=1S/C18H18N4O2S/c1-12-16(23)20-7-8-22(12)11-13-2-4-14(5-3-13)17(24)21-18-15(10-19)6-9-25-18/h2-6,9,12H,7-8,11H2,1H3,(H,20,23)(H,21,24). The second-order valence-corrected chi connectivity index (χ2v) is 6.78. The zero-order chi connectivity index (χ0) is 17.8. The Labute approximate surface area is 150 Å². The van der Waals surface area contributed by atoms with E-state index in [4.69, 9.17) is 5.26 Å². The van der Waals surface area contributed by atoms with Gasteiger partial charge in [0, 0.05) is 25.2 Å². The van der Waals surface area contributed by atoms with Gasteiger partial charge < -0.3 is 10.6 Å². The molecule has 0 radical (unpaired) electrons. The lowest BCUT2D eigenvalue weighted by molar-refractivity contribution is -0.128. The quantitative estimate of drug-likeness (QED) is 0.881. The van der Waals surface area contributed by atoms with Crippen molar-refractivity contribution in [2.24, 2.45) is 0 Å². The van der Waals surface area contributed by atoms with Crippen LogP contribution in [0.1, 0.15) is 28.4 Å². The lowest BCUT2D eigenvalue weighted by Crippen LogP contribution is -2.53. The van der Waals surface area contributed by atoms with E-state index in [1.54, 1.807) is 23.6 Å². The molecule has 6 nitrogen and oxygen atoms in total. The fourth-order valence-electron chi connectivity index (χ4n) is 2.71. The molecule has 1 aromatic carbocycles. The van der Waals surface area contributed by atoms with Gasteiger partial charge in [0.15, 0.2) is 0 Å². The number of amides is 2. The van der Waals surface area contributed by atoms with Crippen molar-refractivity contribution < 1.29 is 9.59 Å². The smallest absolute Gasteiger partial charge is 0.256 e. The molecule has 3 rings (SSSR count). The second-order valence-electron chi connectivity index (χ2n) is 5.86. The van der Waals surface area contributed by atoms with Gasteiger partial charge >= 0.3 is 0 Å². The van der Waals surface area contributed by atoms with Crippen LogP contribution in [0.15, 0.2) is 35.7 Å². The molecule has 0 aliphatic carbocycles. The van der Waals surface area contributed by atoms with Gasteiger partial charge in [-0.15, -0.1) is 11.3 Å². The van der Waals surface area contributed by atoms with Crippen LogP contribution in [0, 0.1) is 11.3 Å². The van der Waals surface area contributed by atoms with Gasteiger partial charge in [0.2, 0.25) is 5.91 Å². The van der Waals surface area contributed by atoms with E-state index >= 15 is 0 Å². The summed E-state index contributed by atoms with van der Waals surface area (Å²) in [4.78, 5) is 26.1. The van der Waals surface area contributed by atoms with Gasteiger partial charge in [0.25, 0.3) is 5.91 Å². The topological polar surface area (TPSA) is 85.2 Å². The maximum Gasteiger partial charge on any atom is 0.256 e. The lowest BCUT2D eigenvalue weighted by atomic mass is 10.1. The molecule has 2 heterocycles. The number of benzene rings is 1. The van der Waals surface area contributed by atoms with Crippen molar-refractivity contribution in [1.29, 1.82) is 5.26 Å². The summed E-state index contributed by atoms with van der Waals surface area (Å²) >= 11 is 1.33. The molecule has 1 aliphatic heterocycles. The van der Waals surface area contributed by atoms with Gasteiger partial charge in [-0.1, -0.05) is 12.1 Å². The predicted octanol–water partition coefficient (Wildman–Crippen LogP) is 2.19. The summed E-state index contributed by atoms with van der Waals surface area (Å²) in [7, 11) is 0. The molecule has 2 amide bonds. The Kier molecular flexibility index (Phi) is 5.12. The first kappa shape index (κ1) is 17.1. The average Bonchev–Trinajstić information content (AvgIpc) is 3.06. The summed E-state index contributed by atoms with van der Waals surface area (Å²) in [6, 6.07) is 10.9. The number of thiophene rings is 1. The van der Waals surface area contributed by atoms with Gasteiger partial charge in [-0.2, -0.15) is 5.26 Å². The first-order chi connectivity index (χ1) is 12.1. The van der Waals surface area contributed by atoms with Crippen LogP contribution in [0.3, 0.4) is 0 Å². The van der Waals surface area contributed by atoms with E-state index in [0.717, 1.165) is 12.1 Å². The Morgan fingerprint density at radius 2 is 2.16 bits per heavy atom. The van der Waals surface area contributed by atoms with Crippen molar-refractivity contribution in [1.82, 2.24) is 10.2 Å². The van der Waals surface area contributed by atoms with E-state index in [0.29, 0.717) is 29.2 Å². The van der Waals surface area contributed by atoms with Crippen LogP contribution in [0.4, 0.5) is 5.00 Å². The second kappa shape index (κ2) is 7.47. The van der Waals surface area contributed by atoms with Crippen LogP contribution in [0.5, 0.6) is 0 Å². The number of nitrogens with one attached hydrogen (secondary N) is 2. The molecule has 0 bridgehead atoms. The Hall–Kier alpha value is -2.69. The summed E-state index contributed by atoms with van der Waals surface area (Å²) in [6.45, 7) is 4.03. The third kappa shape index (κ3) is 3.87. The third-order valence-corrected chi connectivity index (χ3v) is 5.07. The predicted molar refractivity (Wildman–Crippen MR) is 96.3 cm³/mol. The van der Waals surface area contributed by atoms with Crippen molar-refractivity contribution >= 4 is 28.2 Å². The molecule has 0 saturated carbocycles. The van der Waals surface area contributed by atoms with Crippen LogP contribution < -0.4 is 10.6 Å². The first-order valence-electron chi connectivity index (χ1n) is 7.98. The molecule has 25 heavy (non-hydrogen) atoms. The highest BCUT2D eigenvalue weighted by Gasteiger charge is 2.25. The van der Waals surface area contributed by atoms with Crippen LogP contribution in [0.25, 0.3) is 0 Å². The Morgan fingerprint density at radius 1 is 1.40 bits per heavy atom. The average molecular weight is 354 g/mol.